The molecule has 3 unspecified atom stereocenters. The summed E-state index contributed by atoms with van der Waals surface area (Å²) in [5.74, 6) is -1.44. The predicted molar refractivity (Wildman–Crippen MR) is 84.3 cm³/mol. The molecule has 1 fully saturated rings. The van der Waals surface area contributed by atoms with Crippen molar-refractivity contribution in [1.29, 1.82) is 0 Å². The average Bonchev–Trinajstić information content (AvgIpc) is 2.47. The Labute approximate surface area is 134 Å². The van der Waals surface area contributed by atoms with Crippen LogP contribution in [0.5, 0.6) is 5.75 Å². The molecule has 2 rings (SSSR count). The van der Waals surface area contributed by atoms with Crippen LogP contribution in [-0.4, -0.2) is 24.1 Å². The molecule has 0 aliphatic heterocycles. The second-order valence-electron chi connectivity index (χ2n) is 5.81. The minimum absolute atomic E-state index is 0.263. The number of ether oxygens (including phenoxy) is 1. The van der Waals surface area contributed by atoms with Crippen molar-refractivity contribution in [3.05, 3.63) is 23.2 Å². The number of nitrogens with one attached hydrogen (secondary N) is 1. The van der Waals surface area contributed by atoms with Gasteiger partial charge in [-0.25, -0.2) is 0 Å². The standard InChI is InChI=1S/C16H20ClNO4/c1-9-3-5-11(12(7-9)16(20)21)15(19)18-10-4-6-14(22-2)13(17)8-10/h4,6,8-9,11-12H,3,5,7H2,1-2H3,(H,18,19)(H,20,21). The van der Waals surface area contributed by atoms with Gasteiger partial charge >= 0.3 is 5.97 Å². The van der Waals surface area contributed by atoms with E-state index >= 15 is 0 Å². The van der Waals surface area contributed by atoms with Crippen LogP contribution in [0.15, 0.2) is 18.2 Å². The third-order valence-corrected chi connectivity index (χ3v) is 4.48. The molecule has 1 aliphatic carbocycles. The number of benzene rings is 1. The van der Waals surface area contributed by atoms with Crippen LogP contribution in [-0.2, 0) is 9.59 Å². The number of hydrogen-bond acceptors (Lipinski definition) is 3. The molecule has 120 valence electrons. The summed E-state index contributed by atoms with van der Waals surface area (Å²) in [5, 5.41) is 12.5. The Balaban J connectivity index is 2.10. The number of methoxy groups -OCH3 is 1. The third-order valence-electron chi connectivity index (χ3n) is 4.19. The van der Waals surface area contributed by atoms with Crippen LogP contribution in [0.1, 0.15) is 26.2 Å². The lowest BCUT2D eigenvalue weighted by Crippen LogP contribution is -2.38. The normalized spacial score (nSPS) is 24.6. The lowest BCUT2D eigenvalue weighted by Gasteiger charge is -2.31. The minimum atomic E-state index is -0.903. The number of rotatable bonds is 4. The summed E-state index contributed by atoms with van der Waals surface area (Å²) in [4.78, 5) is 23.8. The highest BCUT2D eigenvalue weighted by Crippen LogP contribution is 2.35. The fourth-order valence-electron chi connectivity index (χ4n) is 2.95. The Bertz CT molecular complexity index is 575. The van der Waals surface area contributed by atoms with Gasteiger partial charge in [-0.2, -0.15) is 0 Å². The number of carboxylic acid groups (broad SMARTS) is 1. The number of hydrogen-bond donors (Lipinski definition) is 2. The first-order valence-corrected chi connectivity index (χ1v) is 7.67. The Morgan fingerprint density at radius 1 is 1.32 bits per heavy atom. The number of carbonyl (C=O) groups is 2. The van der Waals surface area contributed by atoms with Crippen molar-refractivity contribution < 1.29 is 19.4 Å². The zero-order valence-corrected chi connectivity index (χ0v) is 13.4. The molecule has 0 spiro atoms. The van der Waals surface area contributed by atoms with Gasteiger partial charge in [-0.3, -0.25) is 9.59 Å². The van der Waals surface area contributed by atoms with Crippen LogP contribution in [0.25, 0.3) is 0 Å². The SMILES string of the molecule is COc1ccc(NC(=O)C2CCC(C)CC2C(=O)O)cc1Cl. The van der Waals surface area contributed by atoms with Crippen LogP contribution in [0, 0.1) is 17.8 Å². The van der Waals surface area contributed by atoms with E-state index in [1.165, 1.54) is 7.11 Å². The fourth-order valence-corrected chi connectivity index (χ4v) is 3.20. The van der Waals surface area contributed by atoms with Crippen molar-refractivity contribution in [1.82, 2.24) is 0 Å². The van der Waals surface area contributed by atoms with E-state index in [-0.39, 0.29) is 5.91 Å². The van der Waals surface area contributed by atoms with Crippen LogP contribution in [0.3, 0.4) is 0 Å². The second-order valence-corrected chi connectivity index (χ2v) is 6.22. The van der Waals surface area contributed by atoms with E-state index in [1.807, 2.05) is 6.92 Å². The lowest BCUT2D eigenvalue weighted by atomic mass is 9.74. The van der Waals surface area contributed by atoms with Crippen LogP contribution in [0.4, 0.5) is 5.69 Å². The molecule has 22 heavy (non-hydrogen) atoms. The van der Waals surface area contributed by atoms with Gasteiger partial charge in [0.25, 0.3) is 0 Å². The van der Waals surface area contributed by atoms with E-state index in [0.717, 1.165) is 6.42 Å². The largest absolute Gasteiger partial charge is 0.495 e. The summed E-state index contributed by atoms with van der Waals surface area (Å²) in [5.41, 5.74) is 0.540. The highest BCUT2D eigenvalue weighted by molar-refractivity contribution is 6.32. The monoisotopic (exact) mass is 325 g/mol. The van der Waals surface area contributed by atoms with Crippen molar-refractivity contribution in [2.45, 2.75) is 26.2 Å². The van der Waals surface area contributed by atoms with Crippen molar-refractivity contribution in [2.75, 3.05) is 12.4 Å². The molecular weight excluding hydrogens is 306 g/mol. The van der Waals surface area contributed by atoms with Crippen molar-refractivity contribution >= 4 is 29.2 Å². The number of carbonyl (C=O) groups excluding carboxylic acids is 1. The maximum Gasteiger partial charge on any atom is 0.307 e. The highest BCUT2D eigenvalue weighted by atomic mass is 35.5. The fraction of sp³-hybridized carbons (Fsp3) is 0.500. The molecule has 2 N–H and O–H groups in total. The summed E-state index contributed by atoms with van der Waals surface area (Å²) in [6, 6.07) is 4.94. The predicted octanol–water partition coefficient (Wildman–Crippen LogP) is 3.42. The van der Waals surface area contributed by atoms with Crippen molar-refractivity contribution in [3.8, 4) is 5.75 Å². The summed E-state index contributed by atoms with van der Waals surface area (Å²) < 4.78 is 5.06. The van der Waals surface area contributed by atoms with E-state index in [9.17, 15) is 14.7 Å². The molecule has 1 aromatic rings. The Hall–Kier alpha value is -1.75. The molecular formula is C16H20ClNO4. The Kier molecular flexibility index (Phi) is 5.29. The van der Waals surface area contributed by atoms with Crippen molar-refractivity contribution in [2.24, 2.45) is 17.8 Å². The molecule has 0 heterocycles. The number of aliphatic carboxylic acids is 1. The summed E-state index contributed by atoms with van der Waals surface area (Å²) in [7, 11) is 1.51. The molecule has 0 aromatic heterocycles. The zero-order chi connectivity index (χ0) is 16.3. The van der Waals surface area contributed by atoms with Crippen LogP contribution < -0.4 is 10.1 Å². The molecule has 3 atom stereocenters. The van der Waals surface area contributed by atoms with E-state index in [4.69, 9.17) is 16.3 Å². The maximum absolute atomic E-state index is 12.4. The summed E-state index contributed by atoms with van der Waals surface area (Å²) >= 11 is 6.03. The quantitative estimate of drug-likeness (QED) is 0.889. The first-order chi connectivity index (χ1) is 10.4. The molecule has 0 bridgehead atoms. The maximum atomic E-state index is 12.4. The number of halogens is 1. The van der Waals surface area contributed by atoms with Gasteiger partial charge in [0.2, 0.25) is 5.91 Å². The Morgan fingerprint density at radius 3 is 2.64 bits per heavy atom. The van der Waals surface area contributed by atoms with Gasteiger partial charge in [0.05, 0.1) is 24.0 Å². The third kappa shape index (κ3) is 3.71. The van der Waals surface area contributed by atoms with Gasteiger partial charge in [0, 0.05) is 5.69 Å². The van der Waals surface area contributed by atoms with Gasteiger partial charge in [0.1, 0.15) is 5.75 Å². The summed E-state index contributed by atoms with van der Waals surface area (Å²) in [6.45, 7) is 2.02. The molecule has 1 aromatic carbocycles. The molecule has 1 amide bonds. The molecule has 6 heteroatoms. The van der Waals surface area contributed by atoms with E-state index in [2.05, 4.69) is 5.32 Å². The molecule has 1 aliphatic rings. The minimum Gasteiger partial charge on any atom is -0.495 e. The van der Waals surface area contributed by atoms with Gasteiger partial charge in [0.15, 0.2) is 0 Å². The van der Waals surface area contributed by atoms with Gasteiger partial charge in [-0.1, -0.05) is 18.5 Å². The van der Waals surface area contributed by atoms with Gasteiger partial charge < -0.3 is 15.2 Å². The smallest absolute Gasteiger partial charge is 0.307 e. The second kappa shape index (κ2) is 7.01. The molecule has 1 saturated carbocycles. The molecule has 0 radical (unpaired) electrons. The molecule has 0 saturated heterocycles. The highest BCUT2D eigenvalue weighted by Gasteiger charge is 2.38. The van der Waals surface area contributed by atoms with E-state index in [1.54, 1.807) is 18.2 Å². The van der Waals surface area contributed by atoms with Crippen LogP contribution in [0.2, 0.25) is 5.02 Å². The van der Waals surface area contributed by atoms with E-state index < -0.39 is 17.8 Å². The Morgan fingerprint density at radius 2 is 2.05 bits per heavy atom. The molecule has 5 nitrogen and oxygen atoms in total. The van der Waals surface area contributed by atoms with Gasteiger partial charge in [-0.15, -0.1) is 0 Å². The first-order valence-electron chi connectivity index (χ1n) is 7.29. The number of amides is 1. The summed E-state index contributed by atoms with van der Waals surface area (Å²) in [6.07, 6.45) is 2.00. The van der Waals surface area contributed by atoms with Crippen LogP contribution >= 0.6 is 11.6 Å². The topological polar surface area (TPSA) is 75.6 Å². The number of anilines is 1. The average molecular weight is 326 g/mol. The zero-order valence-electron chi connectivity index (χ0n) is 12.6. The van der Waals surface area contributed by atoms with Crippen molar-refractivity contribution in [3.63, 3.8) is 0 Å². The first kappa shape index (κ1) is 16.6. The lowest BCUT2D eigenvalue weighted by molar-refractivity contribution is -0.148. The van der Waals surface area contributed by atoms with Gasteiger partial charge in [-0.05, 0) is 43.4 Å². The number of carboxylic acids is 1. The van der Waals surface area contributed by atoms with E-state index in [0.29, 0.717) is 35.2 Å².